The first kappa shape index (κ1) is 29.5. The number of hydrogen-bond acceptors (Lipinski definition) is 4. The second kappa shape index (κ2) is 13.3. The molecule has 3 aromatic rings. The summed E-state index contributed by atoms with van der Waals surface area (Å²) in [4.78, 5) is 17.6. The molecule has 3 unspecified atom stereocenters. The molecule has 0 saturated carbocycles. The van der Waals surface area contributed by atoms with Gasteiger partial charge < -0.3 is 15.1 Å². The molecule has 0 radical (unpaired) electrons. The molecule has 5 heteroatoms. The van der Waals surface area contributed by atoms with Crippen molar-refractivity contribution in [3.8, 4) is 0 Å². The molecule has 2 aliphatic heterocycles. The molecule has 3 atom stereocenters. The Kier molecular flexibility index (Phi) is 9.59. The van der Waals surface area contributed by atoms with Crippen molar-refractivity contribution in [1.29, 1.82) is 0 Å². The standard InChI is InChI=1S/C36H46N2O3/c1-36(2,35(41)38-22-9-10-23-38)30-19-17-27(18-20-30)33(40)16-11-24-37-25-21-31(39)26-32(37)34(28-12-5-3-6-13-28)29-14-7-4-8-15-29/h3-8,12-15,17-20,31-34,39-40H,9-11,16,21-26H2,1-2H3. The Morgan fingerprint density at radius 1 is 0.854 bits per heavy atom. The van der Waals surface area contributed by atoms with Crippen LogP contribution in [0, 0.1) is 0 Å². The Bertz CT molecular complexity index is 1200. The molecule has 0 spiro atoms. The van der Waals surface area contributed by atoms with E-state index >= 15 is 0 Å². The van der Waals surface area contributed by atoms with Gasteiger partial charge in [-0.2, -0.15) is 0 Å². The summed E-state index contributed by atoms with van der Waals surface area (Å²) in [6, 6.07) is 29.5. The van der Waals surface area contributed by atoms with Gasteiger partial charge in [-0.25, -0.2) is 0 Å². The first-order valence-corrected chi connectivity index (χ1v) is 15.4. The summed E-state index contributed by atoms with van der Waals surface area (Å²) < 4.78 is 0. The van der Waals surface area contributed by atoms with E-state index in [-0.39, 0.29) is 24.0 Å². The average molecular weight is 555 g/mol. The minimum absolute atomic E-state index is 0.177. The summed E-state index contributed by atoms with van der Waals surface area (Å²) in [5.74, 6) is 0.366. The Morgan fingerprint density at radius 2 is 1.44 bits per heavy atom. The predicted molar refractivity (Wildman–Crippen MR) is 165 cm³/mol. The molecule has 3 aromatic carbocycles. The first-order chi connectivity index (χ1) is 19.8. The van der Waals surface area contributed by atoms with E-state index in [2.05, 4.69) is 65.6 Å². The summed E-state index contributed by atoms with van der Waals surface area (Å²) in [6.07, 6.45) is 4.39. The molecule has 1 amide bonds. The molecule has 0 aliphatic carbocycles. The lowest BCUT2D eigenvalue weighted by atomic mass is 9.79. The fourth-order valence-corrected chi connectivity index (χ4v) is 6.82. The van der Waals surface area contributed by atoms with E-state index in [1.165, 1.54) is 11.1 Å². The highest BCUT2D eigenvalue weighted by atomic mass is 16.3. The molecule has 2 heterocycles. The van der Waals surface area contributed by atoms with Crippen molar-refractivity contribution in [2.24, 2.45) is 0 Å². The molecule has 2 saturated heterocycles. The summed E-state index contributed by atoms with van der Waals surface area (Å²) in [6.45, 7) is 7.44. The van der Waals surface area contributed by atoms with Gasteiger partial charge in [-0.05, 0) is 81.2 Å². The summed E-state index contributed by atoms with van der Waals surface area (Å²) in [5, 5.41) is 21.8. The number of nitrogens with zero attached hydrogens (tertiary/aromatic N) is 2. The van der Waals surface area contributed by atoms with Crippen LogP contribution in [0.25, 0.3) is 0 Å². The van der Waals surface area contributed by atoms with Crippen molar-refractivity contribution in [3.05, 3.63) is 107 Å². The van der Waals surface area contributed by atoms with Crippen LogP contribution in [0.15, 0.2) is 84.9 Å². The van der Waals surface area contributed by atoms with Crippen LogP contribution in [0.4, 0.5) is 0 Å². The number of rotatable bonds is 10. The molecule has 218 valence electrons. The van der Waals surface area contributed by atoms with Gasteiger partial charge in [0.2, 0.25) is 5.91 Å². The molecule has 0 bridgehead atoms. The van der Waals surface area contributed by atoms with E-state index < -0.39 is 11.5 Å². The number of aliphatic hydroxyl groups excluding tert-OH is 2. The number of piperidine rings is 1. The lowest BCUT2D eigenvalue weighted by Crippen LogP contribution is -2.48. The number of carbonyl (C=O) groups excluding carboxylic acids is 1. The van der Waals surface area contributed by atoms with Crippen LogP contribution in [0.5, 0.6) is 0 Å². The predicted octanol–water partition coefficient (Wildman–Crippen LogP) is 6.06. The highest BCUT2D eigenvalue weighted by Crippen LogP contribution is 2.36. The quantitative estimate of drug-likeness (QED) is 0.320. The van der Waals surface area contributed by atoms with E-state index in [0.717, 1.165) is 69.4 Å². The minimum Gasteiger partial charge on any atom is -0.393 e. The summed E-state index contributed by atoms with van der Waals surface area (Å²) in [7, 11) is 0. The van der Waals surface area contributed by atoms with Gasteiger partial charge in [0, 0.05) is 31.6 Å². The first-order valence-electron chi connectivity index (χ1n) is 15.4. The van der Waals surface area contributed by atoms with Crippen molar-refractivity contribution < 1.29 is 15.0 Å². The molecule has 2 fully saturated rings. The number of hydrogen-bond donors (Lipinski definition) is 2. The van der Waals surface area contributed by atoms with Crippen LogP contribution in [0.3, 0.4) is 0 Å². The number of aliphatic hydroxyl groups is 2. The van der Waals surface area contributed by atoms with Gasteiger partial charge in [-0.15, -0.1) is 0 Å². The third-order valence-electron chi connectivity index (χ3n) is 9.30. The highest BCUT2D eigenvalue weighted by molar-refractivity contribution is 5.87. The molecule has 41 heavy (non-hydrogen) atoms. The number of likely N-dealkylation sites (tertiary alicyclic amines) is 2. The number of carbonyl (C=O) groups is 1. The second-order valence-corrected chi connectivity index (χ2v) is 12.5. The van der Waals surface area contributed by atoms with Gasteiger partial charge in [0.1, 0.15) is 0 Å². The summed E-state index contributed by atoms with van der Waals surface area (Å²) >= 11 is 0. The smallest absolute Gasteiger partial charge is 0.232 e. The molecule has 2 aliphatic rings. The molecule has 0 aromatic heterocycles. The maximum atomic E-state index is 13.1. The van der Waals surface area contributed by atoms with Gasteiger partial charge in [0.05, 0.1) is 17.6 Å². The zero-order chi connectivity index (χ0) is 28.8. The van der Waals surface area contributed by atoms with Gasteiger partial charge in [0.25, 0.3) is 0 Å². The molecule has 5 nitrogen and oxygen atoms in total. The zero-order valence-corrected chi connectivity index (χ0v) is 24.7. The Hall–Kier alpha value is -2.99. The Morgan fingerprint density at radius 3 is 2.02 bits per heavy atom. The van der Waals surface area contributed by atoms with Crippen LogP contribution < -0.4 is 0 Å². The van der Waals surface area contributed by atoms with E-state index in [0.29, 0.717) is 6.42 Å². The normalized spacial score (nSPS) is 20.9. The Labute approximate surface area is 245 Å². The van der Waals surface area contributed by atoms with E-state index in [4.69, 9.17) is 0 Å². The fraction of sp³-hybridized carbons (Fsp3) is 0.472. The Balaban J connectivity index is 1.23. The molecular weight excluding hydrogens is 508 g/mol. The minimum atomic E-state index is -0.574. The number of amides is 1. The molecule has 5 rings (SSSR count). The third kappa shape index (κ3) is 6.91. The van der Waals surface area contributed by atoms with Crippen molar-refractivity contribution in [3.63, 3.8) is 0 Å². The lowest BCUT2D eigenvalue weighted by molar-refractivity contribution is -0.135. The monoisotopic (exact) mass is 554 g/mol. The maximum absolute atomic E-state index is 13.1. The van der Waals surface area contributed by atoms with Crippen molar-refractivity contribution >= 4 is 5.91 Å². The topological polar surface area (TPSA) is 64.0 Å². The van der Waals surface area contributed by atoms with Crippen LogP contribution in [0.2, 0.25) is 0 Å². The van der Waals surface area contributed by atoms with Crippen molar-refractivity contribution in [1.82, 2.24) is 9.80 Å². The van der Waals surface area contributed by atoms with Crippen molar-refractivity contribution in [2.75, 3.05) is 26.2 Å². The van der Waals surface area contributed by atoms with Crippen LogP contribution in [-0.2, 0) is 10.2 Å². The summed E-state index contributed by atoms with van der Waals surface area (Å²) in [5.41, 5.74) is 3.86. The van der Waals surface area contributed by atoms with Gasteiger partial charge in [-0.1, -0.05) is 84.9 Å². The van der Waals surface area contributed by atoms with Gasteiger partial charge >= 0.3 is 0 Å². The maximum Gasteiger partial charge on any atom is 0.232 e. The van der Waals surface area contributed by atoms with Gasteiger partial charge in [-0.3, -0.25) is 9.69 Å². The zero-order valence-electron chi connectivity index (χ0n) is 24.7. The van der Waals surface area contributed by atoms with E-state index in [1.807, 2.05) is 43.0 Å². The van der Waals surface area contributed by atoms with Crippen molar-refractivity contribution in [2.45, 2.75) is 82.0 Å². The van der Waals surface area contributed by atoms with Crippen LogP contribution in [0.1, 0.15) is 86.6 Å². The number of benzene rings is 3. The fourth-order valence-electron chi connectivity index (χ4n) is 6.82. The van der Waals surface area contributed by atoms with E-state index in [9.17, 15) is 15.0 Å². The highest BCUT2D eigenvalue weighted by Gasteiger charge is 2.36. The van der Waals surface area contributed by atoms with Gasteiger partial charge in [0.15, 0.2) is 0 Å². The van der Waals surface area contributed by atoms with Crippen LogP contribution >= 0.6 is 0 Å². The average Bonchev–Trinajstić information content (AvgIpc) is 3.54. The molecular formula is C36H46N2O3. The third-order valence-corrected chi connectivity index (χ3v) is 9.30. The van der Waals surface area contributed by atoms with E-state index in [1.54, 1.807) is 0 Å². The SMILES string of the molecule is CC(C)(C(=O)N1CCCC1)c1ccc(C(O)CCCN2CCC(O)CC2C(c2ccccc2)c2ccccc2)cc1. The lowest BCUT2D eigenvalue weighted by Gasteiger charge is -2.43. The largest absolute Gasteiger partial charge is 0.393 e. The molecule has 2 N–H and O–H groups in total. The second-order valence-electron chi connectivity index (χ2n) is 12.5. The van der Waals surface area contributed by atoms with Crippen LogP contribution in [-0.4, -0.2) is 64.2 Å².